The second-order valence-electron chi connectivity index (χ2n) is 5.45. The quantitative estimate of drug-likeness (QED) is 0.800. The lowest BCUT2D eigenvalue weighted by atomic mass is 10.1. The molecule has 1 heterocycles. The summed E-state index contributed by atoms with van der Waals surface area (Å²) in [5, 5.41) is 5.04. The van der Waals surface area contributed by atoms with Gasteiger partial charge in [-0.15, -0.1) is 0 Å². The van der Waals surface area contributed by atoms with Crippen molar-refractivity contribution < 1.29 is 18.0 Å². The summed E-state index contributed by atoms with van der Waals surface area (Å²) < 4.78 is 25.2. The highest BCUT2D eigenvalue weighted by Crippen LogP contribution is 2.27. The third kappa shape index (κ3) is 4.01. The molecular formula is C15H21N3O4S. The second kappa shape index (κ2) is 6.99. The van der Waals surface area contributed by atoms with Gasteiger partial charge in [0.1, 0.15) is 0 Å². The number of carbonyl (C=O) groups is 2. The minimum Gasteiger partial charge on any atom is -0.348 e. The molecule has 126 valence electrons. The summed E-state index contributed by atoms with van der Waals surface area (Å²) in [6.45, 7) is 4.56. The topological polar surface area (TPSA) is 95.6 Å². The molecule has 0 aromatic heterocycles. The zero-order chi connectivity index (χ0) is 17.0. The van der Waals surface area contributed by atoms with Gasteiger partial charge in [-0.3, -0.25) is 13.9 Å². The first-order valence-electron chi connectivity index (χ1n) is 7.55. The second-order valence-corrected chi connectivity index (χ2v) is 7.46. The van der Waals surface area contributed by atoms with E-state index in [4.69, 9.17) is 0 Å². The fourth-order valence-electron chi connectivity index (χ4n) is 2.37. The Bertz CT molecular complexity index is 715. The van der Waals surface area contributed by atoms with E-state index in [1.165, 1.54) is 4.31 Å². The minimum absolute atomic E-state index is 0.155. The van der Waals surface area contributed by atoms with Crippen molar-refractivity contribution >= 4 is 33.2 Å². The lowest BCUT2D eigenvalue weighted by Crippen LogP contribution is -2.35. The van der Waals surface area contributed by atoms with Gasteiger partial charge < -0.3 is 10.6 Å². The molecule has 8 heteroatoms. The molecule has 1 saturated heterocycles. The molecule has 2 rings (SSSR count). The maximum Gasteiger partial charge on any atom is 0.313 e. The largest absolute Gasteiger partial charge is 0.348 e. The van der Waals surface area contributed by atoms with Crippen molar-refractivity contribution in [2.75, 3.05) is 28.5 Å². The van der Waals surface area contributed by atoms with Crippen LogP contribution in [0.25, 0.3) is 0 Å². The van der Waals surface area contributed by atoms with Crippen LogP contribution in [-0.2, 0) is 19.6 Å². The number of aryl methyl sites for hydroxylation is 1. The first kappa shape index (κ1) is 17.3. The first-order chi connectivity index (χ1) is 10.8. The fourth-order valence-corrected chi connectivity index (χ4v) is 3.93. The third-order valence-corrected chi connectivity index (χ3v) is 5.46. The number of hydrogen-bond acceptors (Lipinski definition) is 4. The van der Waals surface area contributed by atoms with Gasteiger partial charge in [-0.2, -0.15) is 0 Å². The van der Waals surface area contributed by atoms with E-state index in [9.17, 15) is 18.0 Å². The zero-order valence-electron chi connectivity index (χ0n) is 13.3. The van der Waals surface area contributed by atoms with Crippen LogP contribution in [0.15, 0.2) is 18.2 Å². The Morgan fingerprint density at radius 2 is 2.00 bits per heavy atom. The third-order valence-electron chi connectivity index (χ3n) is 3.59. The molecule has 0 saturated carbocycles. The van der Waals surface area contributed by atoms with Gasteiger partial charge in [-0.05, 0) is 43.5 Å². The van der Waals surface area contributed by atoms with E-state index >= 15 is 0 Å². The minimum atomic E-state index is -3.23. The molecule has 0 unspecified atom stereocenters. The predicted octanol–water partition coefficient (Wildman–Crippen LogP) is 1.000. The first-order valence-corrected chi connectivity index (χ1v) is 9.16. The van der Waals surface area contributed by atoms with Crippen molar-refractivity contribution in [2.45, 2.75) is 26.7 Å². The van der Waals surface area contributed by atoms with E-state index in [0.29, 0.717) is 36.4 Å². The number of sulfonamides is 1. The van der Waals surface area contributed by atoms with Crippen molar-refractivity contribution in [2.24, 2.45) is 0 Å². The van der Waals surface area contributed by atoms with Gasteiger partial charge >= 0.3 is 11.8 Å². The van der Waals surface area contributed by atoms with Crippen LogP contribution in [0, 0.1) is 6.92 Å². The Morgan fingerprint density at radius 3 is 2.57 bits per heavy atom. The van der Waals surface area contributed by atoms with Crippen LogP contribution in [0.2, 0.25) is 0 Å². The monoisotopic (exact) mass is 339 g/mol. The Morgan fingerprint density at radius 1 is 1.26 bits per heavy atom. The fraction of sp³-hybridized carbons (Fsp3) is 0.467. The summed E-state index contributed by atoms with van der Waals surface area (Å²) in [6.07, 6.45) is 1.36. The molecule has 0 spiro atoms. The van der Waals surface area contributed by atoms with Crippen LogP contribution < -0.4 is 14.9 Å². The molecule has 0 bridgehead atoms. The van der Waals surface area contributed by atoms with E-state index in [1.54, 1.807) is 25.1 Å². The molecule has 0 radical (unpaired) electrons. The van der Waals surface area contributed by atoms with Crippen molar-refractivity contribution in [1.82, 2.24) is 5.32 Å². The van der Waals surface area contributed by atoms with Crippen LogP contribution >= 0.6 is 0 Å². The van der Waals surface area contributed by atoms with E-state index < -0.39 is 21.8 Å². The van der Waals surface area contributed by atoms with Crippen LogP contribution in [0.4, 0.5) is 11.4 Å². The van der Waals surface area contributed by atoms with Gasteiger partial charge in [-0.1, -0.05) is 6.92 Å². The van der Waals surface area contributed by atoms with Gasteiger partial charge in [0.2, 0.25) is 10.0 Å². The predicted molar refractivity (Wildman–Crippen MR) is 88.9 cm³/mol. The maximum absolute atomic E-state index is 11.9. The molecule has 7 nitrogen and oxygen atoms in total. The van der Waals surface area contributed by atoms with Crippen molar-refractivity contribution in [3.8, 4) is 0 Å². The number of anilines is 2. The lowest BCUT2D eigenvalue weighted by molar-refractivity contribution is -0.136. The Balaban J connectivity index is 2.11. The summed E-state index contributed by atoms with van der Waals surface area (Å²) >= 11 is 0. The summed E-state index contributed by atoms with van der Waals surface area (Å²) in [5.41, 5.74) is 1.76. The van der Waals surface area contributed by atoms with E-state index in [0.717, 1.165) is 6.42 Å². The molecule has 1 aliphatic rings. The summed E-state index contributed by atoms with van der Waals surface area (Å²) in [5.74, 6) is -1.26. The van der Waals surface area contributed by atoms with Gasteiger partial charge in [0, 0.05) is 18.8 Å². The van der Waals surface area contributed by atoms with E-state index in [1.807, 2.05) is 6.92 Å². The average molecular weight is 339 g/mol. The molecule has 1 aliphatic heterocycles. The number of carbonyl (C=O) groups excluding carboxylic acids is 2. The molecule has 1 aromatic carbocycles. The highest BCUT2D eigenvalue weighted by molar-refractivity contribution is 7.93. The molecule has 1 fully saturated rings. The molecule has 0 aliphatic carbocycles. The van der Waals surface area contributed by atoms with Crippen LogP contribution in [-0.4, -0.2) is 39.1 Å². The Labute approximate surface area is 136 Å². The SMILES string of the molecule is CCCNC(=O)C(=O)Nc1ccc(N2CCCS2(=O)=O)cc1C. The zero-order valence-corrected chi connectivity index (χ0v) is 14.1. The van der Waals surface area contributed by atoms with Gasteiger partial charge in [0.25, 0.3) is 0 Å². The Kier molecular flexibility index (Phi) is 5.25. The highest BCUT2D eigenvalue weighted by atomic mass is 32.2. The van der Waals surface area contributed by atoms with Crippen molar-refractivity contribution in [3.05, 3.63) is 23.8 Å². The molecule has 23 heavy (non-hydrogen) atoms. The van der Waals surface area contributed by atoms with Crippen LogP contribution in [0.3, 0.4) is 0 Å². The number of amides is 2. The number of nitrogens with one attached hydrogen (secondary N) is 2. The van der Waals surface area contributed by atoms with E-state index in [-0.39, 0.29) is 5.75 Å². The van der Waals surface area contributed by atoms with Crippen molar-refractivity contribution in [1.29, 1.82) is 0 Å². The maximum atomic E-state index is 11.9. The molecule has 1 aromatic rings. The van der Waals surface area contributed by atoms with E-state index in [2.05, 4.69) is 10.6 Å². The molecule has 2 N–H and O–H groups in total. The van der Waals surface area contributed by atoms with Crippen LogP contribution in [0.1, 0.15) is 25.3 Å². The van der Waals surface area contributed by atoms with Crippen molar-refractivity contribution in [3.63, 3.8) is 0 Å². The average Bonchev–Trinajstić information content (AvgIpc) is 2.86. The normalized spacial score (nSPS) is 16.2. The molecular weight excluding hydrogens is 318 g/mol. The number of benzene rings is 1. The standard InChI is InChI=1S/C15H21N3O4S/c1-3-7-16-14(19)15(20)17-13-6-5-12(10-11(13)2)18-8-4-9-23(18,21)22/h5-6,10H,3-4,7-9H2,1-2H3,(H,16,19)(H,17,20). The van der Waals surface area contributed by atoms with Gasteiger partial charge in [0.05, 0.1) is 11.4 Å². The summed E-state index contributed by atoms with van der Waals surface area (Å²) in [7, 11) is -3.23. The highest BCUT2D eigenvalue weighted by Gasteiger charge is 2.28. The molecule has 2 amide bonds. The summed E-state index contributed by atoms with van der Waals surface area (Å²) in [4.78, 5) is 23.4. The lowest BCUT2D eigenvalue weighted by Gasteiger charge is -2.18. The van der Waals surface area contributed by atoms with Crippen LogP contribution in [0.5, 0.6) is 0 Å². The molecule has 0 atom stereocenters. The van der Waals surface area contributed by atoms with Gasteiger partial charge in [0.15, 0.2) is 0 Å². The smallest absolute Gasteiger partial charge is 0.313 e. The Hall–Kier alpha value is -2.09. The van der Waals surface area contributed by atoms with Gasteiger partial charge in [-0.25, -0.2) is 8.42 Å². The summed E-state index contributed by atoms with van der Waals surface area (Å²) in [6, 6.07) is 4.95. The number of nitrogens with zero attached hydrogens (tertiary/aromatic N) is 1. The number of rotatable bonds is 4. The number of hydrogen-bond donors (Lipinski definition) is 2.